The van der Waals surface area contributed by atoms with Crippen molar-refractivity contribution in [2.75, 3.05) is 39.5 Å². The first-order valence-electron chi connectivity index (χ1n) is 13.8. The number of nitrogens with zero attached hydrogens (tertiary/aromatic N) is 1. The largest absolute Gasteiger partial charge is 0.444 e. The van der Waals surface area contributed by atoms with Crippen molar-refractivity contribution in [3.05, 3.63) is 59.1 Å². The number of carbonyl (C=O) groups is 2. The number of nitrogens with one attached hydrogen (secondary N) is 1. The second kappa shape index (κ2) is 13.6. The highest BCUT2D eigenvalue weighted by Crippen LogP contribution is 2.26. The van der Waals surface area contributed by atoms with Gasteiger partial charge in [0.05, 0.1) is 31.7 Å². The van der Waals surface area contributed by atoms with Gasteiger partial charge in [0, 0.05) is 11.6 Å². The number of ether oxygens (including phenoxy) is 3. The Balaban J connectivity index is 1.53. The van der Waals surface area contributed by atoms with E-state index in [1.165, 1.54) is 6.42 Å². The highest BCUT2D eigenvalue weighted by molar-refractivity contribution is 6.30. The molecule has 0 spiro atoms. The van der Waals surface area contributed by atoms with Crippen molar-refractivity contribution in [2.24, 2.45) is 5.41 Å². The third-order valence-electron chi connectivity index (χ3n) is 7.00. The summed E-state index contributed by atoms with van der Waals surface area (Å²) >= 11 is 6.07. The first-order valence-corrected chi connectivity index (χ1v) is 14.2. The van der Waals surface area contributed by atoms with E-state index in [0.717, 1.165) is 49.2 Å². The van der Waals surface area contributed by atoms with E-state index in [1.54, 1.807) is 34.6 Å². The molecule has 1 aliphatic heterocycles. The molecule has 214 valence electrons. The molecule has 1 fully saturated rings. The molecule has 2 aromatic carbocycles. The molecule has 0 aliphatic carbocycles. The topological polar surface area (TPSA) is 73.9 Å². The van der Waals surface area contributed by atoms with Crippen LogP contribution in [-0.4, -0.2) is 61.7 Å². The van der Waals surface area contributed by atoms with Crippen LogP contribution in [0.25, 0.3) is 11.1 Å². The molecule has 0 radical (unpaired) electrons. The standard InChI is InChI=1S/C31H43ClN2O5/c1-30(2,3)39-29(36)33-22-31(4,5)28(35)38-23-34(17-9-6-10-18-34)19-20-37-21-25-11-7-8-12-27(25)24-13-15-26(32)16-14-24/h7-8,11-16H,6,9-10,17-23H2,1-5H3/p+1. The highest BCUT2D eigenvalue weighted by atomic mass is 35.5. The molecule has 1 amide bonds. The van der Waals surface area contributed by atoms with Crippen LogP contribution in [0.1, 0.15) is 59.4 Å². The third-order valence-corrected chi connectivity index (χ3v) is 7.25. The Bertz CT molecular complexity index is 1090. The molecule has 1 N–H and O–H groups in total. The number of alkyl carbamates (subject to hydrolysis) is 1. The normalized spacial score (nSPS) is 15.4. The molecule has 2 aromatic rings. The maximum atomic E-state index is 13.0. The summed E-state index contributed by atoms with van der Waals surface area (Å²) in [5.74, 6) is -0.334. The van der Waals surface area contributed by atoms with Gasteiger partial charge in [-0.05, 0) is 82.7 Å². The number of quaternary nitrogens is 1. The lowest BCUT2D eigenvalue weighted by Gasteiger charge is -2.41. The van der Waals surface area contributed by atoms with E-state index in [4.69, 9.17) is 25.8 Å². The number of hydrogen-bond donors (Lipinski definition) is 1. The highest BCUT2D eigenvalue weighted by Gasteiger charge is 2.36. The predicted molar refractivity (Wildman–Crippen MR) is 154 cm³/mol. The van der Waals surface area contributed by atoms with E-state index >= 15 is 0 Å². The molecule has 0 unspecified atom stereocenters. The SMILES string of the molecule is CC(C)(C)OC(=O)NCC(C)(C)C(=O)OC[N+]1(CCOCc2ccccc2-c2ccc(Cl)cc2)CCCCC1. The van der Waals surface area contributed by atoms with E-state index in [0.29, 0.717) is 29.5 Å². The fourth-order valence-corrected chi connectivity index (χ4v) is 4.79. The molecule has 8 heteroatoms. The summed E-state index contributed by atoms with van der Waals surface area (Å²) in [6.07, 6.45) is 2.84. The zero-order valence-corrected chi connectivity index (χ0v) is 24.8. The molecule has 0 aromatic heterocycles. The second-order valence-electron chi connectivity index (χ2n) is 12.1. The van der Waals surface area contributed by atoms with Gasteiger partial charge < -0.3 is 19.5 Å². The number of hydrogen-bond acceptors (Lipinski definition) is 5. The van der Waals surface area contributed by atoms with Crippen molar-refractivity contribution >= 4 is 23.7 Å². The second-order valence-corrected chi connectivity index (χ2v) is 12.5. The zero-order chi connectivity index (χ0) is 28.5. The van der Waals surface area contributed by atoms with Crippen LogP contribution in [0.2, 0.25) is 5.02 Å². The van der Waals surface area contributed by atoms with Gasteiger partial charge in [-0.25, -0.2) is 4.79 Å². The van der Waals surface area contributed by atoms with Crippen molar-refractivity contribution in [3.63, 3.8) is 0 Å². The summed E-state index contributed by atoms with van der Waals surface area (Å²) < 4.78 is 18.0. The first kappa shape index (κ1) is 30.9. The minimum atomic E-state index is -0.876. The zero-order valence-electron chi connectivity index (χ0n) is 24.1. The Labute approximate surface area is 238 Å². The number of amides is 1. The third kappa shape index (κ3) is 9.82. The Kier molecular flexibility index (Phi) is 10.8. The van der Waals surface area contributed by atoms with Crippen LogP contribution >= 0.6 is 11.6 Å². The summed E-state index contributed by atoms with van der Waals surface area (Å²) in [6, 6.07) is 16.1. The number of esters is 1. The van der Waals surface area contributed by atoms with E-state index in [-0.39, 0.29) is 12.5 Å². The maximum absolute atomic E-state index is 13.0. The number of halogens is 1. The average Bonchev–Trinajstić information content (AvgIpc) is 2.89. The Morgan fingerprint density at radius 1 is 0.949 bits per heavy atom. The number of rotatable bonds is 11. The summed E-state index contributed by atoms with van der Waals surface area (Å²) in [6.45, 7) is 13.1. The van der Waals surface area contributed by atoms with Gasteiger partial charge in [-0.2, -0.15) is 0 Å². The lowest BCUT2D eigenvalue weighted by molar-refractivity contribution is -0.948. The minimum absolute atomic E-state index is 0.136. The first-order chi connectivity index (χ1) is 18.4. The van der Waals surface area contributed by atoms with Gasteiger partial charge in [0.1, 0.15) is 12.1 Å². The number of likely N-dealkylation sites (tertiary alicyclic amines) is 1. The molecule has 3 rings (SSSR count). The molecular formula is C31H44ClN2O5+. The van der Waals surface area contributed by atoms with Crippen LogP contribution in [0.4, 0.5) is 4.79 Å². The van der Waals surface area contributed by atoms with E-state index < -0.39 is 17.1 Å². The summed E-state index contributed by atoms with van der Waals surface area (Å²) in [5.41, 5.74) is 1.88. The van der Waals surface area contributed by atoms with E-state index in [9.17, 15) is 9.59 Å². The van der Waals surface area contributed by atoms with E-state index in [2.05, 4.69) is 17.4 Å². The van der Waals surface area contributed by atoms with Gasteiger partial charge in [-0.1, -0.05) is 48.0 Å². The van der Waals surface area contributed by atoms with Crippen LogP contribution in [-0.2, 0) is 25.6 Å². The fraction of sp³-hybridized carbons (Fsp3) is 0.548. The van der Waals surface area contributed by atoms with Gasteiger partial charge >= 0.3 is 12.1 Å². The average molecular weight is 560 g/mol. The van der Waals surface area contributed by atoms with Gasteiger partial charge in [0.15, 0.2) is 0 Å². The van der Waals surface area contributed by atoms with Crippen LogP contribution in [0.5, 0.6) is 0 Å². The summed E-state index contributed by atoms with van der Waals surface area (Å²) in [4.78, 5) is 25.0. The van der Waals surface area contributed by atoms with Crippen molar-refractivity contribution in [3.8, 4) is 11.1 Å². The molecule has 1 aliphatic rings. The monoisotopic (exact) mass is 559 g/mol. The lowest BCUT2D eigenvalue weighted by atomic mass is 9.94. The van der Waals surface area contributed by atoms with E-state index in [1.807, 2.05) is 36.4 Å². The van der Waals surface area contributed by atoms with Gasteiger partial charge in [-0.3, -0.25) is 9.28 Å². The van der Waals surface area contributed by atoms with Crippen molar-refractivity contribution in [2.45, 2.75) is 66.1 Å². The molecular weight excluding hydrogens is 516 g/mol. The molecule has 0 bridgehead atoms. The summed E-state index contributed by atoms with van der Waals surface area (Å²) in [5, 5.41) is 3.40. The number of carbonyl (C=O) groups excluding carboxylic acids is 2. The van der Waals surface area contributed by atoms with Crippen molar-refractivity contribution in [1.29, 1.82) is 0 Å². The molecule has 7 nitrogen and oxygen atoms in total. The van der Waals surface area contributed by atoms with Gasteiger partial charge in [-0.15, -0.1) is 0 Å². The summed E-state index contributed by atoms with van der Waals surface area (Å²) in [7, 11) is 0. The Morgan fingerprint density at radius 2 is 1.62 bits per heavy atom. The Morgan fingerprint density at radius 3 is 2.28 bits per heavy atom. The number of benzene rings is 2. The molecule has 39 heavy (non-hydrogen) atoms. The molecule has 0 saturated carbocycles. The van der Waals surface area contributed by atoms with Crippen molar-refractivity contribution < 1.29 is 28.3 Å². The van der Waals surface area contributed by atoms with Crippen molar-refractivity contribution in [1.82, 2.24) is 5.32 Å². The van der Waals surface area contributed by atoms with Crippen LogP contribution < -0.4 is 5.32 Å². The van der Waals surface area contributed by atoms with Crippen LogP contribution in [0.15, 0.2) is 48.5 Å². The Hall–Kier alpha value is -2.61. The smallest absolute Gasteiger partial charge is 0.407 e. The fourth-order valence-electron chi connectivity index (χ4n) is 4.67. The molecule has 0 atom stereocenters. The predicted octanol–water partition coefficient (Wildman–Crippen LogP) is 6.58. The van der Waals surface area contributed by atoms with Gasteiger partial charge in [0.25, 0.3) is 0 Å². The van der Waals surface area contributed by atoms with Crippen LogP contribution in [0, 0.1) is 5.41 Å². The van der Waals surface area contributed by atoms with Gasteiger partial charge in [0.2, 0.25) is 6.73 Å². The lowest BCUT2D eigenvalue weighted by Crippen LogP contribution is -2.55. The molecule has 1 heterocycles. The quantitative estimate of drug-likeness (QED) is 0.191. The van der Waals surface area contributed by atoms with Crippen LogP contribution in [0.3, 0.4) is 0 Å². The number of piperidine rings is 1. The maximum Gasteiger partial charge on any atom is 0.407 e. The molecule has 1 saturated heterocycles. The minimum Gasteiger partial charge on any atom is -0.444 e.